The van der Waals surface area contributed by atoms with Crippen LogP contribution in [0.4, 0.5) is 5.69 Å². The smallest absolute Gasteiger partial charge is 0.243 e. The summed E-state index contributed by atoms with van der Waals surface area (Å²) in [6.45, 7) is 12.0. The molecule has 8 heteroatoms. The van der Waals surface area contributed by atoms with Crippen LogP contribution < -0.4 is 9.62 Å². The number of benzene rings is 2. The first-order valence-electron chi connectivity index (χ1n) is 12.5. The molecule has 0 heterocycles. The van der Waals surface area contributed by atoms with Gasteiger partial charge in [0.1, 0.15) is 6.04 Å². The summed E-state index contributed by atoms with van der Waals surface area (Å²) in [6.07, 6.45) is 2.14. The van der Waals surface area contributed by atoms with Gasteiger partial charge < -0.3 is 10.2 Å². The third-order valence-electron chi connectivity index (χ3n) is 6.42. The number of rotatable bonds is 12. The fourth-order valence-corrected chi connectivity index (χ4v) is 5.28. The van der Waals surface area contributed by atoms with Crippen LogP contribution in [0, 0.1) is 20.8 Å². The zero-order valence-corrected chi connectivity index (χ0v) is 23.5. The highest BCUT2D eigenvalue weighted by Gasteiger charge is 2.29. The minimum Gasteiger partial charge on any atom is -0.352 e. The summed E-state index contributed by atoms with van der Waals surface area (Å²) >= 11 is 0. The molecule has 0 saturated carbocycles. The summed E-state index contributed by atoms with van der Waals surface area (Å²) < 4.78 is 26.6. The van der Waals surface area contributed by atoms with Crippen molar-refractivity contribution in [3.8, 4) is 0 Å². The van der Waals surface area contributed by atoms with Crippen molar-refractivity contribution in [2.45, 2.75) is 79.4 Å². The second-order valence-corrected chi connectivity index (χ2v) is 11.6. The summed E-state index contributed by atoms with van der Waals surface area (Å²) in [5.41, 5.74) is 4.56. The zero-order chi connectivity index (χ0) is 27.0. The van der Waals surface area contributed by atoms with Gasteiger partial charge in [-0.3, -0.25) is 13.9 Å². The van der Waals surface area contributed by atoms with E-state index in [1.807, 2.05) is 77.9 Å². The SMILES string of the molecule is CC[C@H](C(=O)NC(C)C)N(Cc1ccccc1C)C(=O)CCCN(c1cccc(C)c1C)S(C)(=O)=O. The maximum atomic E-state index is 13.5. The van der Waals surface area contributed by atoms with Crippen LogP contribution in [-0.2, 0) is 26.2 Å². The van der Waals surface area contributed by atoms with Crippen LogP contribution >= 0.6 is 0 Å². The second kappa shape index (κ2) is 12.9. The number of nitrogens with zero attached hydrogens (tertiary/aromatic N) is 2. The van der Waals surface area contributed by atoms with Gasteiger partial charge in [0.2, 0.25) is 21.8 Å². The van der Waals surface area contributed by atoms with Crippen molar-refractivity contribution < 1.29 is 18.0 Å². The van der Waals surface area contributed by atoms with Gasteiger partial charge >= 0.3 is 0 Å². The maximum Gasteiger partial charge on any atom is 0.243 e. The number of sulfonamides is 1. The van der Waals surface area contributed by atoms with Crippen molar-refractivity contribution in [2.75, 3.05) is 17.1 Å². The molecule has 0 radical (unpaired) electrons. The zero-order valence-electron chi connectivity index (χ0n) is 22.7. The molecule has 2 aromatic carbocycles. The van der Waals surface area contributed by atoms with Crippen molar-refractivity contribution in [1.29, 1.82) is 0 Å². The van der Waals surface area contributed by atoms with Gasteiger partial charge in [-0.25, -0.2) is 8.42 Å². The Morgan fingerprint density at radius 1 is 0.972 bits per heavy atom. The number of anilines is 1. The van der Waals surface area contributed by atoms with E-state index in [0.29, 0.717) is 25.1 Å². The summed E-state index contributed by atoms with van der Waals surface area (Å²) in [5, 5.41) is 2.94. The number of carbonyl (C=O) groups is 2. The van der Waals surface area contributed by atoms with E-state index in [2.05, 4.69) is 5.32 Å². The third-order valence-corrected chi connectivity index (χ3v) is 7.60. The first kappa shape index (κ1) is 29.4. The molecule has 0 aliphatic carbocycles. The molecule has 7 nitrogen and oxygen atoms in total. The van der Waals surface area contributed by atoms with Crippen LogP contribution in [-0.4, -0.2) is 50.0 Å². The Bertz CT molecular complexity index is 1160. The van der Waals surface area contributed by atoms with Crippen molar-refractivity contribution in [1.82, 2.24) is 10.2 Å². The average molecular weight is 516 g/mol. The molecule has 0 saturated heterocycles. The number of hydrogen-bond donors (Lipinski definition) is 1. The van der Waals surface area contributed by atoms with Gasteiger partial charge in [-0.05, 0) is 75.8 Å². The second-order valence-electron chi connectivity index (χ2n) is 9.69. The monoisotopic (exact) mass is 515 g/mol. The molecule has 0 aliphatic rings. The van der Waals surface area contributed by atoms with Crippen molar-refractivity contribution in [3.05, 3.63) is 64.7 Å². The van der Waals surface area contributed by atoms with E-state index >= 15 is 0 Å². The number of amides is 2. The highest BCUT2D eigenvalue weighted by atomic mass is 32.2. The topological polar surface area (TPSA) is 86.8 Å². The predicted octanol–water partition coefficient (Wildman–Crippen LogP) is 4.49. The van der Waals surface area contributed by atoms with Crippen molar-refractivity contribution >= 4 is 27.5 Å². The molecule has 0 bridgehead atoms. The Morgan fingerprint density at radius 3 is 2.19 bits per heavy atom. The highest BCUT2D eigenvalue weighted by Crippen LogP contribution is 2.25. The molecule has 0 aliphatic heterocycles. The van der Waals surface area contributed by atoms with Gasteiger partial charge in [0.05, 0.1) is 11.9 Å². The molecular weight excluding hydrogens is 474 g/mol. The molecule has 0 fully saturated rings. The Morgan fingerprint density at radius 2 is 1.61 bits per heavy atom. The molecule has 1 N–H and O–H groups in total. The van der Waals surface area contributed by atoms with Gasteiger partial charge in [-0.1, -0.05) is 43.3 Å². The first-order chi connectivity index (χ1) is 16.9. The first-order valence-corrected chi connectivity index (χ1v) is 14.4. The van der Waals surface area contributed by atoms with Gasteiger partial charge in [0.15, 0.2) is 0 Å². The molecule has 0 spiro atoms. The van der Waals surface area contributed by atoms with E-state index in [1.165, 1.54) is 10.6 Å². The molecule has 1 atom stereocenters. The van der Waals surface area contributed by atoms with Crippen LogP contribution in [0.25, 0.3) is 0 Å². The van der Waals surface area contributed by atoms with Crippen molar-refractivity contribution in [2.24, 2.45) is 0 Å². The lowest BCUT2D eigenvalue weighted by atomic mass is 10.0. The molecule has 198 valence electrons. The average Bonchev–Trinajstić information content (AvgIpc) is 2.78. The van der Waals surface area contributed by atoms with Crippen LogP contribution in [0.5, 0.6) is 0 Å². The van der Waals surface area contributed by atoms with Gasteiger partial charge in [0.25, 0.3) is 0 Å². The molecular formula is C28H41N3O4S. The predicted molar refractivity (Wildman–Crippen MR) is 146 cm³/mol. The van der Waals surface area contributed by atoms with E-state index < -0.39 is 16.1 Å². The summed E-state index contributed by atoms with van der Waals surface area (Å²) in [4.78, 5) is 28.1. The van der Waals surface area contributed by atoms with Crippen LogP contribution in [0.3, 0.4) is 0 Å². The lowest BCUT2D eigenvalue weighted by Crippen LogP contribution is -2.50. The highest BCUT2D eigenvalue weighted by molar-refractivity contribution is 7.92. The maximum absolute atomic E-state index is 13.5. The van der Waals surface area contributed by atoms with Gasteiger partial charge in [-0.15, -0.1) is 0 Å². The Hall–Kier alpha value is -2.87. The minimum absolute atomic E-state index is 0.0390. The lowest BCUT2D eigenvalue weighted by Gasteiger charge is -2.32. The van der Waals surface area contributed by atoms with Crippen LogP contribution in [0.15, 0.2) is 42.5 Å². The largest absolute Gasteiger partial charge is 0.352 e. The molecule has 2 rings (SSSR count). The fourth-order valence-electron chi connectivity index (χ4n) is 4.26. The summed E-state index contributed by atoms with van der Waals surface area (Å²) in [5.74, 6) is -0.346. The summed E-state index contributed by atoms with van der Waals surface area (Å²) in [7, 11) is -3.53. The molecule has 36 heavy (non-hydrogen) atoms. The number of nitrogens with one attached hydrogen (secondary N) is 1. The molecule has 0 unspecified atom stereocenters. The Labute approximate surface area is 216 Å². The Kier molecular flexibility index (Phi) is 10.5. The number of aryl methyl sites for hydroxylation is 2. The Balaban J connectivity index is 2.26. The molecule has 2 amide bonds. The third kappa shape index (κ3) is 7.82. The quantitative estimate of drug-likeness (QED) is 0.451. The summed E-state index contributed by atoms with van der Waals surface area (Å²) in [6, 6.07) is 12.8. The van der Waals surface area contributed by atoms with Gasteiger partial charge in [0, 0.05) is 25.6 Å². The number of hydrogen-bond acceptors (Lipinski definition) is 4. The fraction of sp³-hybridized carbons (Fsp3) is 0.500. The van der Waals surface area contributed by atoms with E-state index in [4.69, 9.17) is 0 Å². The minimum atomic E-state index is -3.53. The van der Waals surface area contributed by atoms with E-state index in [0.717, 1.165) is 22.3 Å². The van der Waals surface area contributed by atoms with E-state index in [9.17, 15) is 18.0 Å². The molecule has 0 aromatic heterocycles. The lowest BCUT2D eigenvalue weighted by molar-refractivity contribution is -0.141. The van der Waals surface area contributed by atoms with Crippen LogP contribution in [0.1, 0.15) is 62.3 Å². The normalized spacial score (nSPS) is 12.3. The van der Waals surface area contributed by atoms with Crippen LogP contribution in [0.2, 0.25) is 0 Å². The number of carbonyl (C=O) groups excluding carboxylic acids is 2. The van der Waals surface area contributed by atoms with E-state index in [1.54, 1.807) is 11.0 Å². The van der Waals surface area contributed by atoms with Crippen molar-refractivity contribution in [3.63, 3.8) is 0 Å². The molecule has 2 aromatic rings. The standard InChI is InChI=1S/C28H41N3O4S/c1-8-25(28(33)29-20(2)3)30(19-24-15-10-9-13-22(24)5)27(32)17-12-18-31(36(7,34)35)26-16-11-14-21(4)23(26)6/h9-11,13-16,20,25H,8,12,17-19H2,1-7H3,(H,29,33)/t25-/m1/s1. The van der Waals surface area contributed by atoms with Gasteiger partial charge in [-0.2, -0.15) is 0 Å². The van der Waals surface area contributed by atoms with E-state index in [-0.39, 0.29) is 30.8 Å².